The lowest BCUT2D eigenvalue weighted by atomic mass is 9.90. The van der Waals surface area contributed by atoms with Gasteiger partial charge >= 0.3 is 0 Å². The molecule has 1 aliphatic carbocycles. The first-order valence-electron chi connectivity index (χ1n) is 7.12. The van der Waals surface area contributed by atoms with E-state index in [0.29, 0.717) is 18.1 Å². The lowest BCUT2D eigenvalue weighted by Crippen LogP contribution is -2.44. The van der Waals surface area contributed by atoms with Crippen molar-refractivity contribution in [3.63, 3.8) is 0 Å². The van der Waals surface area contributed by atoms with Gasteiger partial charge in [0.25, 0.3) is 5.91 Å². The molecule has 20 heavy (non-hydrogen) atoms. The highest BCUT2D eigenvalue weighted by atomic mass is 32.1. The number of nitrogens with one attached hydrogen (secondary N) is 1. The fraction of sp³-hybridized carbons (Fsp3) is 0.769. The second kappa shape index (κ2) is 5.75. The van der Waals surface area contributed by atoms with Gasteiger partial charge in [0.15, 0.2) is 5.79 Å². The van der Waals surface area contributed by atoms with Gasteiger partial charge in [-0.25, -0.2) is 0 Å². The highest BCUT2D eigenvalue weighted by Gasteiger charge is 2.40. The molecule has 1 aliphatic heterocycles. The normalized spacial score (nSPS) is 22.2. The first-order chi connectivity index (χ1) is 9.72. The Morgan fingerprint density at radius 3 is 2.75 bits per heavy atom. The van der Waals surface area contributed by atoms with E-state index in [0.717, 1.165) is 37.8 Å². The first-order valence-corrected chi connectivity index (χ1v) is 7.90. The number of carbonyl (C=O) groups excluding carboxylic acids is 1. The Labute approximate surface area is 122 Å². The van der Waals surface area contributed by atoms with E-state index in [-0.39, 0.29) is 17.7 Å². The monoisotopic (exact) mass is 297 g/mol. The Balaban J connectivity index is 1.55. The summed E-state index contributed by atoms with van der Waals surface area (Å²) in [7, 11) is 0. The summed E-state index contributed by atoms with van der Waals surface area (Å²) < 4.78 is 15.2. The van der Waals surface area contributed by atoms with Crippen molar-refractivity contribution in [1.82, 2.24) is 14.9 Å². The third-order valence-corrected chi connectivity index (χ3v) is 4.76. The molecule has 3 rings (SSSR count). The standard InChI is InChI=1S/C13H19N3O3S/c1-2-10-11(20-16-15-10)12(17)14-9-3-5-13(6-4-9)18-7-8-19-13/h9H,2-8H2,1H3,(H,14,17). The Kier molecular flexibility index (Phi) is 4.00. The maximum absolute atomic E-state index is 12.2. The van der Waals surface area contributed by atoms with Crippen LogP contribution in [0.4, 0.5) is 0 Å². The van der Waals surface area contributed by atoms with E-state index in [1.54, 1.807) is 0 Å². The lowest BCUT2D eigenvalue weighted by molar-refractivity contribution is -0.179. The fourth-order valence-electron chi connectivity index (χ4n) is 2.85. The van der Waals surface area contributed by atoms with Crippen molar-refractivity contribution in [1.29, 1.82) is 0 Å². The van der Waals surface area contributed by atoms with E-state index in [1.807, 2.05) is 6.92 Å². The zero-order chi connectivity index (χ0) is 14.0. The van der Waals surface area contributed by atoms with Crippen LogP contribution in [0.15, 0.2) is 0 Å². The molecular formula is C13H19N3O3S. The number of ether oxygens (including phenoxy) is 2. The maximum Gasteiger partial charge on any atom is 0.265 e. The van der Waals surface area contributed by atoms with E-state index in [9.17, 15) is 4.79 Å². The van der Waals surface area contributed by atoms with Crippen LogP contribution in [0.2, 0.25) is 0 Å². The predicted molar refractivity (Wildman–Crippen MR) is 73.6 cm³/mol. The molecule has 1 saturated heterocycles. The molecule has 2 aliphatic rings. The molecule has 0 unspecified atom stereocenters. The number of hydrogen-bond acceptors (Lipinski definition) is 6. The van der Waals surface area contributed by atoms with Gasteiger partial charge in [-0.15, -0.1) is 5.10 Å². The summed E-state index contributed by atoms with van der Waals surface area (Å²) in [4.78, 5) is 12.9. The maximum atomic E-state index is 12.2. The quantitative estimate of drug-likeness (QED) is 0.915. The first kappa shape index (κ1) is 13.9. The van der Waals surface area contributed by atoms with Gasteiger partial charge in [-0.2, -0.15) is 0 Å². The summed E-state index contributed by atoms with van der Waals surface area (Å²) in [6.07, 6.45) is 4.20. The minimum absolute atomic E-state index is 0.0499. The summed E-state index contributed by atoms with van der Waals surface area (Å²) >= 11 is 1.17. The van der Waals surface area contributed by atoms with Crippen molar-refractivity contribution >= 4 is 17.4 Å². The third-order valence-electron chi connectivity index (χ3n) is 3.99. The number of hydrogen-bond donors (Lipinski definition) is 1. The number of amides is 1. The van der Waals surface area contributed by atoms with Gasteiger partial charge in [-0.05, 0) is 30.8 Å². The average molecular weight is 297 g/mol. The van der Waals surface area contributed by atoms with Crippen LogP contribution in [0, 0.1) is 0 Å². The molecule has 0 radical (unpaired) electrons. The molecule has 0 bridgehead atoms. The Morgan fingerprint density at radius 1 is 1.40 bits per heavy atom. The van der Waals surface area contributed by atoms with Crippen molar-refractivity contribution in [3.8, 4) is 0 Å². The predicted octanol–water partition coefficient (Wildman–Crippen LogP) is 1.52. The molecule has 6 nitrogen and oxygen atoms in total. The van der Waals surface area contributed by atoms with E-state index in [1.165, 1.54) is 11.5 Å². The SMILES string of the molecule is CCc1nnsc1C(=O)NC1CCC2(CC1)OCCO2. The molecule has 1 spiro atoms. The second-order valence-corrected chi connectivity index (χ2v) is 6.01. The van der Waals surface area contributed by atoms with Crippen molar-refractivity contribution in [2.24, 2.45) is 0 Å². The minimum Gasteiger partial charge on any atom is -0.348 e. The molecule has 110 valence electrons. The highest BCUT2D eigenvalue weighted by molar-refractivity contribution is 7.08. The minimum atomic E-state index is -0.373. The summed E-state index contributed by atoms with van der Waals surface area (Å²) in [6.45, 7) is 3.35. The van der Waals surface area contributed by atoms with E-state index < -0.39 is 0 Å². The highest BCUT2D eigenvalue weighted by Crippen LogP contribution is 2.35. The molecule has 7 heteroatoms. The van der Waals surface area contributed by atoms with Crippen LogP contribution in [-0.2, 0) is 15.9 Å². The van der Waals surface area contributed by atoms with Gasteiger partial charge in [0.05, 0.1) is 18.9 Å². The summed E-state index contributed by atoms with van der Waals surface area (Å²) in [5, 5.41) is 7.06. The van der Waals surface area contributed by atoms with Crippen molar-refractivity contribution in [2.45, 2.75) is 50.9 Å². The van der Waals surface area contributed by atoms with E-state index in [4.69, 9.17) is 9.47 Å². The van der Waals surface area contributed by atoms with Crippen LogP contribution in [-0.4, -0.2) is 40.5 Å². The smallest absolute Gasteiger partial charge is 0.265 e. The number of nitrogens with zero attached hydrogens (tertiary/aromatic N) is 2. The number of aromatic nitrogens is 2. The summed E-state index contributed by atoms with van der Waals surface area (Å²) in [5.41, 5.74) is 0.780. The zero-order valence-electron chi connectivity index (χ0n) is 11.6. The Bertz CT molecular complexity index is 475. The number of aryl methyl sites for hydroxylation is 1. The summed E-state index contributed by atoms with van der Waals surface area (Å²) in [5.74, 6) is -0.423. The van der Waals surface area contributed by atoms with Gasteiger partial charge in [0.2, 0.25) is 0 Å². The van der Waals surface area contributed by atoms with Gasteiger partial charge in [-0.1, -0.05) is 11.4 Å². The van der Waals surface area contributed by atoms with Crippen LogP contribution in [0.5, 0.6) is 0 Å². The molecule has 0 atom stereocenters. The van der Waals surface area contributed by atoms with Crippen LogP contribution >= 0.6 is 11.5 Å². The zero-order valence-corrected chi connectivity index (χ0v) is 12.4. The number of rotatable bonds is 3. The molecule has 1 amide bonds. The molecule has 1 N–H and O–H groups in total. The van der Waals surface area contributed by atoms with Gasteiger partial charge in [0.1, 0.15) is 4.88 Å². The van der Waals surface area contributed by atoms with Gasteiger partial charge in [-0.3, -0.25) is 4.79 Å². The molecule has 2 fully saturated rings. The molecule has 1 aromatic heterocycles. The van der Waals surface area contributed by atoms with Crippen molar-refractivity contribution < 1.29 is 14.3 Å². The lowest BCUT2D eigenvalue weighted by Gasteiger charge is -2.35. The van der Waals surface area contributed by atoms with Gasteiger partial charge < -0.3 is 14.8 Å². The molecule has 1 aromatic rings. The summed E-state index contributed by atoms with van der Waals surface area (Å²) in [6, 6.07) is 0.188. The van der Waals surface area contributed by atoms with Crippen molar-refractivity contribution in [3.05, 3.63) is 10.6 Å². The fourth-order valence-corrected chi connectivity index (χ4v) is 3.50. The van der Waals surface area contributed by atoms with Gasteiger partial charge in [0, 0.05) is 18.9 Å². The topological polar surface area (TPSA) is 73.3 Å². The van der Waals surface area contributed by atoms with E-state index in [2.05, 4.69) is 14.9 Å². The second-order valence-electron chi connectivity index (χ2n) is 5.26. The largest absolute Gasteiger partial charge is 0.348 e. The van der Waals surface area contributed by atoms with Crippen LogP contribution in [0.3, 0.4) is 0 Å². The third kappa shape index (κ3) is 2.70. The molecule has 2 heterocycles. The van der Waals surface area contributed by atoms with Crippen LogP contribution in [0.1, 0.15) is 48.0 Å². The Hall–Kier alpha value is -1.05. The van der Waals surface area contributed by atoms with Crippen molar-refractivity contribution in [2.75, 3.05) is 13.2 Å². The van der Waals surface area contributed by atoms with Crippen LogP contribution < -0.4 is 5.32 Å². The Morgan fingerprint density at radius 2 is 2.10 bits per heavy atom. The van der Waals surface area contributed by atoms with E-state index >= 15 is 0 Å². The molecular weight excluding hydrogens is 278 g/mol. The average Bonchev–Trinajstić information content (AvgIpc) is 3.11. The van der Waals surface area contributed by atoms with Crippen LogP contribution in [0.25, 0.3) is 0 Å². The molecule has 0 aromatic carbocycles. The molecule has 1 saturated carbocycles. The number of carbonyl (C=O) groups is 1.